The molecule has 4 aliphatic rings. The zero-order valence-corrected chi connectivity index (χ0v) is 18.8. The fraction of sp³-hybridized carbons (Fsp3) is 0.810. The van der Waals surface area contributed by atoms with Crippen LogP contribution < -0.4 is 16.0 Å². The predicted octanol–water partition coefficient (Wildman–Crippen LogP) is -1.36. The molecule has 4 fully saturated rings. The van der Waals surface area contributed by atoms with Gasteiger partial charge in [0.2, 0.25) is 17.7 Å². The Kier molecular flexibility index (Phi) is 7.37. The number of nitrogens with two attached hydrogens (primary N) is 1. The number of rotatable bonds is 4. The molecule has 1 aliphatic carbocycles. The smallest absolute Gasteiger partial charge is 0.281 e. The molecule has 0 aromatic rings. The van der Waals surface area contributed by atoms with Crippen molar-refractivity contribution < 1.29 is 24.5 Å². The van der Waals surface area contributed by atoms with Gasteiger partial charge < -0.3 is 25.8 Å². The molecule has 3 heterocycles. The van der Waals surface area contributed by atoms with Gasteiger partial charge in [-0.2, -0.15) is 0 Å². The van der Waals surface area contributed by atoms with Gasteiger partial charge in [-0.3, -0.25) is 19.2 Å². The Balaban J connectivity index is 1.48. The van der Waals surface area contributed by atoms with E-state index in [1.807, 2.05) is 5.32 Å². The summed E-state index contributed by atoms with van der Waals surface area (Å²) in [5.74, 6) is 1.19. The van der Waals surface area contributed by atoms with Crippen molar-refractivity contribution in [2.45, 2.75) is 63.1 Å². The van der Waals surface area contributed by atoms with Gasteiger partial charge in [-0.05, 0) is 25.7 Å². The molecule has 1 saturated carbocycles. The number of nitrogens with zero attached hydrogens (tertiary/aromatic N) is 2. The standard InChI is InChI=1S/C21H33N5O4S/c27-18-15(7-4-8-22-18)24-19(28)17-11-25(21(30)16-12-31-13-23-16)9-10-26(17)20(29)14-5-2-1-3-6-14/h14-17,23H,1-13H2,(H,22,27)(H,24,28)/p+1/t15-,16-,17+/m0/s1. The van der Waals surface area contributed by atoms with Crippen molar-refractivity contribution in [2.24, 2.45) is 5.92 Å². The van der Waals surface area contributed by atoms with Crippen molar-refractivity contribution in [3.63, 3.8) is 0 Å². The predicted molar refractivity (Wildman–Crippen MR) is 116 cm³/mol. The molecule has 0 radical (unpaired) electrons. The zero-order chi connectivity index (χ0) is 21.8. The maximum absolute atomic E-state index is 13.3. The molecule has 172 valence electrons. The van der Waals surface area contributed by atoms with Crippen LogP contribution in [0, 0.1) is 5.92 Å². The average molecular weight is 453 g/mol. The number of quaternary nitrogens is 1. The van der Waals surface area contributed by atoms with Crippen molar-refractivity contribution >= 4 is 35.4 Å². The van der Waals surface area contributed by atoms with Crippen LogP contribution in [-0.4, -0.2) is 89.4 Å². The van der Waals surface area contributed by atoms with E-state index in [9.17, 15) is 19.2 Å². The third kappa shape index (κ3) is 5.16. The molecular weight excluding hydrogens is 418 g/mol. The maximum Gasteiger partial charge on any atom is 0.281 e. The number of carbonyl (C=O) groups excluding carboxylic acids is 4. The third-order valence-corrected chi connectivity index (χ3v) is 7.97. The van der Waals surface area contributed by atoms with Gasteiger partial charge in [-0.15, -0.1) is 0 Å². The molecule has 0 bridgehead atoms. The summed E-state index contributed by atoms with van der Waals surface area (Å²) in [6.07, 6.45) is 6.38. The van der Waals surface area contributed by atoms with E-state index < -0.39 is 12.1 Å². The molecule has 3 saturated heterocycles. The summed E-state index contributed by atoms with van der Waals surface area (Å²) in [4.78, 5) is 55.1. The first-order valence-corrected chi connectivity index (χ1v) is 12.8. The van der Waals surface area contributed by atoms with Gasteiger partial charge in [-0.1, -0.05) is 31.0 Å². The molecule has 31 heavy (non-hydrogen) atoms. The quantitative estimate of drug-likeness (QED) is 0.487. The zero-order valence-electron chi connectivity index (χ0n) is 18.0. The number of amides is 4. The number of piperazine rings is 1. The molecule has 4 rings (SSSR count). The van der Waals surface area contributed by atoms with E-state index in [1.54, 1.807) is 21.6 Å². The van der Waals surface area contributed by atoms with Crippen LogP contribution in [0.2, 0.25) is 0 Å². The lowest BCUT2D eigenvalue weighted by atomic mass is 9.87. The molecule has 3 aliphatic heterocycles. The molecule has 0 unspecified atom stereocenters. The van der Waals surface area contributed by atoms with Crippen molar-refractivity contribution in [2.75, 3.05) is 37.8 Å². The van der Waals surface area contributed by atoms with Gasteiger partial charge in [0.25, 0.3) is 5.91 Å². The summed E-state index contributed by atoms with van der Waals surface area (Å²) < 4.78 is 0. The highest BCUT2D eigenvalue weighted by Crippen LogP contribution is 2.27. The maximum atomic E-state index is 13.3. The number of piperidine rings is 1. The fourth-order valence-corrected chi connectivity index (χ4v) is 6.12. The van der Waals surface area contributed by atoms with Crippen molar-refractivity contribution in [1.29, 1.82) is 0 Å². The van der Waals surface area contributed by atoms with E-state index in [0.29, 0.717) is 26.1 Å². The van der Waals surface area contributed by atoms with Crippen molar-refractivity contribution in [1.82, 2.24) is 20.4 Å². The minimum absolute atomic E-state index is 0.0306. The highest BCUT2D eigenvalue weighted by Gasteiger charge is 2.42. The van der Waals surface area contributed by atoms with Crippen LogP contribution in [-0.2, 0) is 19.2 Å². The summed E-state index contributed by atoms with van der Waals surface area (Å²) in [5.41, 5.74) is 0. The van der Waals surface area contributed by atoms with E-state index >= 15 is 0 Å². The summed E-state index contributed by atoms with van der Waals surface area (Å²) in [6, 6.07) is -1.42. The largest absolute Gasteiger partial charge is 0.354 e. The van der Waals surface area contributed by atoms with E-state index in [-0.39, 0.29) is 42.1 Å². The lowest BCUT2D eigenvalue weighted by molar-refractivity contribution is -0.649. The van der Waals surface area contributed by atoms with Crippen LogP contribution in [0.4, 0.5) is 0 Å². The summed E-state index contributed by atoms with van der Waals surface area (Å²) in [7, 11) is 0. The van der Waals surface area contributed by atoms with Gasteiger partial charge in [0, 0.05) is 25.6 Å². The number of hydrogen-bond donors (Lipinski definition) is 3. The summed E-state index contributed by atoms with van der Waals surface area (Å²) in [6.45, 7) is 1.65. The highest BCUT2D eigenvalue weighted by atomic mass is 32.2. The Hall–Kier alpha value is -1.81. The lowest BCUT2D eigenvalue weighted by Crippen LogP contribution is -2.90. The Morgan fingerprint density at radius 2 is 1.84 bits per heavy atom. The van der Waals surface area contributed by atoms with Gasteiger partial charge in [0.15, 0.2) is 6.04 Å². The Labute approximate surface area is 187 Å². The molecule has 0 aromatic carbocycles. The van der Waals surface area contributed by atoms with Gasteiger partial charge in [-0.25, -0.2) is 0 Å². The molecule has 0 aromatic heterocycles. The van der Waals surface area contributed by atoms with Crippen molar-refractivity contribution in [3.05, 3.63) is 0 Å². The van der Waals surface area contributed by atoms with E-state index in [0.717, 1.165) is 50.2 Å². The molecule has 4 amide bonds. The SMILES string of the molecule is O=C1NCCC[C@@H]1NC(=O)[C@H]1CN(C(=O)[C@@H]2CSC[NH2+]2)CCN1C(=O)C1CCCCC1. The van der Waals surface area contributed by atoms with Crippen molar-refractivity contribution in [3.8, 4) is 0 Å². The van der Waals surface area contributed by atoms with Crippen LogP contribution >= 0.6 is 11.8 Å². The minimum atomic E-state index is -0.740. The minimum Gasteiger partial charge on any atom is -0.354 e. The first-order chi connectivity index (χ1) is 15.0. The van der Waals surface area contributed by atoms with Crippen LogP contribution in [0.25, 0.3) is 0 Å². The molecule has 0 spiro atoms. The topological polar surface area (TPSA) is 115 Å². The molecule has 3 atom stereocenters. The number of nitrogens with one attached hydrogen (secondary N) is 2. The van der Waals surface area contributed by atoms with Crippen LogP contribution in [0.1, 0.15) is 44.9 Å². The van der Waals surface area contributed by atoms with E-state index in [1.165, 1.54) is 0 Å². The molecule has 4 N–H and O–H groups in total. The number of thioether (sulfide) groups is 1. The molecule has 10 heteroatoms. The second-order valence-electron chi connectivity index (χ2n) is 9.04. The van der Waals surface area contributed by atoms with Gasteiger partial charge in [0.1, 0.15) is 18.0 Å². The fourth-order valence-electron chi connectivity index (χ4n) is 5.09. The lowest BCUT2D eigenvalue weighted by Gasteiger charge is -2.43. The first-order valence-electron chi connectivity index (χ1n) is 11.6. The first kappa shape index (κ1) is 22.4. The monoisotopic (exact) mass is 452 g/mol. The molecule has 9 nitrogen and oxygen atoms in total. The normalized spacial score (nSPS) is 30.1. The summed E-state index contributed by atoms with van der Waals surface area (Å²) in [5, 5.41) is 7.68. The Morgan fingerprint density at radius 1 is 1.03 bits per heavy atom. The number of hydrogen-bond acceptors (Lipinski definition) is 5. The second-order valence-corrected chi connectivity index (χ2v) is 10.1. The molecular formula is C21H34N5O4S+. The summed E-state index contributed by atoms with van der Waals surface area (Å²) >= 11 is 1.74. The highest BCUT2D eigenvalue weighted by molar-refractivity contribution is 7.99. The average Bonchev–Trinajstić information content (AvgIpc) is 3.35. The second kappa shape index (κ2) is 10.2. The van der Waals surface area contributed by atoms with Crippen LogP contribution in [0.5, 0.6) is 0 Å². The van der Waals surface area contributed by atoms with Crippen LogP contribution in [0.3, 0.4) is 0 Å². The van der Waals surface area contributed by atoms with Gasteiger partial charge >= 0.3 is 0 Å². The Morgan fingerprint density at radius 3 is 2.55 bits per heavy atom. The third-order valence-electron chi connectivity index (χ3n) is 6.95. The van der Waals surface area contributed by atoms with E-state index in [2.05, 4.69) is 10.6 Å². The van der Waals surface area contributed by atoms with Crippen LogP contribution in [0.15, 0.2) is 0 Å². The Bertz CT molecular complexity index is 708. The number of carbonyl (C=O) groups is 4. The van der Waals surface area contributed by atoms with Gasteiger partial charge in [0.05, 0.1) is 12.3 Å². The van der Waals surface area contributed by atoms with E-state index in [4.69, 9.17) is 0 Å².